The molecule has 0 amide bonds. The van der Waals surface area contributed by atoms with Gasteiger partial charge in [-0.1, -0.05) is 31.5 Å². The topological polar surface area (TPSA) is 46.2 Å². The zero-order chi connectivity index (χ0) is 12.0. The van der Waals surface area contributed by atoms with E-state index in [1.807, 2.05) is 6.92 Å². The van der Waals surface area contributed by atoms with Crippen LogP contribution in [0.2, 0.25) is 0 Å². The van der Waals surface area contributed by atoms with Crippen molar-refractivity contribution >= 4 is 10.0 Å². The van der Waals surface area contributed by atoms with Gasteiger partial charge in [0.15, 0.2) is 0 Å². The van der Waals surface area contributed by atoms with Gasteiger partial charge in [0.05, 0.1) is 5.75 Å². The fraction of sp³-hybridized carbons (Fsp3) is 0.455. The average molecular weight is 245 g/mol. The van der Waals surface area contributed by atoms with Gasteiger partial charge in [0, 0.05) is 12.1 Å². The van der Waals surface area contributed by atoms with Crippen molar-refractivity contribution in [2.75, 3.05) is 6.54 Å². The summed E-state index contributed by atoms with van der Waals surface area (Å²) in [4.78, 5) is 0. The van der Waals surface area contributed by atoms with E-state index >= 15 is 0 Å². The lowest BCUT2D eigenvalue weighted by atomic mass is 10.2. The number of hydrogen-bond donors (Lipinski definition) is 1. The van der Waals surface area contributed by atoms with Gasteiger partial charge >= 0.3 is 0 Å². The molecule has 1 aromatic carbocycles. The Morgan fingerprint density at radius 2 is 2.00 bits per heavy atom. The van der Waals surface area contributed by atoms with Crippen molar-refractivity contribution in [1.82, 2.24) is 4.72 Å². The average Bonchev–Trinajstić information content (AvgIpc) is 2.21. The van der Waals surface area contributed by atoms with E-state index in [4.69, 9.17) is 0 Å². The standard InChI is InChI=1S/C11H16FNO2S/c1-2-3-8-13-16(14,15)9-10-6-4-5-7-11(10)12/h4-7,13H,2-3,8-9H2,1H3. The lowest BCUT2D eigenvalue weighted by molar-refractivity contribution is 0.572. The molecule has 0 spiro atoms. The molecule has 0 heterocycles. The summed E-state index contributed by atoms with van der Waals surface area (Å²) >= 11 is 0. The minimum absolute atomic E-state index is 0.200. The third kappa shape index (κ3) is 4.28. The van der Waals surface area contributed by atoms with Crippen molar-refractivity contribution in [3.8, 4) is 0 Å². The summed E-state index contributed by atoms with van der Waals surface area (Å²) in [6.07, 6.45) is 1.71. The highest BCUT2D eigenvalue weighted by atomic mass is 32.2. The van der Waals surface area contributed by atoms with Crippen molar-refractivity contribution in [2.45, 2.75) is 25.5 Å². The summed E-state index contributed by atoms with van der Waals surface area (Å²) in [5.74, 6) is -0.785. The van der Waals surface area contributed by atoms with Crippen LogP contribution in [0.15, 0.2) is 24.3 Å². The van der Waals surface area contributed by atoms with Crippen molar-refractivity contribution in [3.63, 3.8) is 0 Å². The van der Waals surface area contributed by atoms with E-state index in [0.29, 0.717) is 6.54 Å². The van der Waals surface area contributed by atoms with Gasteiger partial charge in [-0.2, -0.15) is 0 Å². The Hall–Kier alpha value is -0.940. The zero-order valence-corrected chi connectivity index (χ0v) is 10.1. The predicted octanol–water partition coefficient (Wildman–Crippen LogP) is 2.05. The molecule has 90 valence electrons. The molecule has 1 rings (SSSR count). The first-order valence-corrected chi connectivity index (χ1v) is 6.91. The van der Waals surface area contributed by atoms with E-state index < -0.39 is 15.8 Å². The largest absolute Gasteiger partial charge is 0.215 e. The molecule has 0 bridgehead atoms. The molecular formula is C11H16FNO2S. The second kappa shape index (κ2) is 5.96. The molecule has 1 N–H and O–H groups in total. The second-order valence-corrected chi connectivity index (χ2v) is 5.41. The van der Waals surface area contributed by atoms with Crippen molar-refractivity contribution in [2.24, 2.45) is 0 Å². The second-order valence-electron chi connectivity index (χ2n) is 3.60. The Balaban J connectivity index is 2.63. The van der Waals surface area contributed by atoms with Crippen LogP contribution in [-0.2, 0) is 15.8 Å². The molecule has 16 heavy (non-hydrogen) atoms. The predicted molar refractivity (Wildman–Crippen MR) is 61.9 cm³/mol. The van der Waals surface area contributed by atoms with Crippen LogP contribution in [0.25, 0.3) is 0 Å². The van der Waals surface area contributed by atoms with Gasteiger partial charge in [0.25, 0.3) is 0 Å². The van der Waals surface area contributed by atoms with E-state index in [-0.39, 0.29) is 11.3 Å². The summed E-state index contributed by atoms with van der Waals surface area (Å²) < 4.78 is 38.8. The number of nitrogens with one attached hydrogen (secondary N) is 1. The lowest BCUT2D eigenvalue weighted by Gasteiger charge is -2.06. The minimum atomic E-state index is -3.42. The SMILES string of the molecule is CCCCNS(=O)(=O)Cc1ccccc1F. The molecule has 0 radical (unpaired) electrons. The van der Waals surface area contributed by atoms with Crippen LogP contribution in [0.5, 0.6) is 0 Å². The number of sulfonamides is 1. The molecule has 0 saturated heterocycles. The first kappa shape index (κ1) is 13.1. The Kier molecular flexibility index (Phi) is 4.89. The van der Waals surface area contributed by atoms with Crippen LogP contribution in [0.1, 0.15) is 25.3 Å². The van der Waals surface area contributed by atoms with Gasteiger partial charge in [-0.3, -0.25) is 0 Å². The molecule has 1 aromatic rings. The van der Waals surface area contributed by atoms with Crippen LogP contribution in [0, 0.1) is 5.82 Å². The van der Waals surface area contributed by atoms with Crippen molar-refractivity contribution < 1.29 is 12.8 Å². The van der Waals surface area contributed by atoms with Gasteiger partial charge in [-0.25, -0.2) is 17.5 Å². The molecule has 0 fully saturated rings. The number of benzene rings is 1. The zero-order valence-electron chi connectivity index (χ0n) is 9.24. The molecule has 0 aromatic heterocycles. The van der Waals surface area contributed by atoms with E-state index in [9.17, 15) is 12.8 Å². The highest BCUT2D eigenvalue weighted by molar-refractivity contribution is 7.88. The van der Waals surface area contributed by atoms with E-state index in [0.717, 1.165) is 12.8 Å². The van der Waals surface area contributed by atoms with Crippen LogP contribution in [-0.4, -0.2) is 15.0 Å². The number of hydrogen-bond acceptors (Lipinski definition) is 2. The number of unbranched alkanes of at least 4 members (excludes halogenated alkanes) is 1. The molecule has 0 aliphatic heterocycles. The van der Waals surface area contributed by atoms with Crippen LogP contribution in [0.4, 0.5) is 4.39 Å². The fourth-order valence-corrected chi connectivity index (χ4v) is 2.48. The fourth-order valence-electron chi connectivity index (χ4n) is 1.28. The summed E-state index contributed by atoms with van der Waals surface area (Å²) in [5, 5.41) is 0. The van der Waals surface area contributed by atoms with Crippen LogP contribution >= 0.6 is 0 Å². The number of halogens is 1. The maximum Gasteiger partial charge on any atom is 0.215 e. The summed E-state index contributed by atoms with van der Waals surface area (Å²) in [6, 6.07) is 5.90. The molecule has 0 aliphatic rings. The van der Waals surface area contributed by atoms with E-state index in [1.165, 1.54) is 18.2 Å². The Morgan fingerprint density at radius 1 is 1.31 bits per heavy atom. The van der Waals surface area contributed by atoms with Crippen LogP contribution in [0.3, 0.4) is 0 Å². The lowest BCUT2D eigenvalue weighted by Crippen LogP contribution is -2.26. The van der Waals surface area contributed by atoms with Gasteiger partial charge in [0.1, 0.15) is 5.82 Å². The minimum Gasteiger partial charge on any atom is -0.215 e. The first-order valence-electron chi connectivity index (χ1n) is 5.26. The maximum absolute atomic E-state index is 13.2. The smallest absolute Gasteiger partial charge is 0.215 e. The third-order valence-corrected chi connectivity index (χ3v) is 3.49. The molecule has 3 nitrogen and oxygen atoms in total. The highest BCUT2D eigenvalue weighted by Crippen LogP contribution is 2.09. The summed E-state index contributed by atoms with van der Waals surface area (Å²) in [6.45, 7) is 2.39. The van der Waals surface area contributed by atoms with Gasteiger partial charge in [0.2, 0.25) is 10.0 Å². The Labute approximate surface area is 95.7 Å². The summed E-state index contributed by atoms with van der Waals surface area (Å²) in [7, 11) is -3.42. The van der Waals surface area contributed by atoms with Gasteiger partial charge in [-0.05, 0) is 12.5 Å². The Bertz CT molecular complexity index is 431. The van der Waals surface area contributed by atoms with E-state index in [2.05, 4.69) is 4.72 Å². The maximum atomic E-state index is 13.2. The van der Waals surface area contributed by atoms with Crippen molar-refractivity contribution in [3.05, 3.63) is 35.6 Å². The molecule has 0 atom stereocenters. The monoisotopic (exact) mass is 245 g/mol. The molecule has 0 unspecified atom stereocenters. The van der Waals surface area contributed by atoms with Gasteiger partial charge < -0.3 is 0 Å². The molecule has 5 heteroatoms. The third-order valence-electron chi connectivity index (χ3n) is 2.16. The van der Waals surface area contributed by atoms with E-state index in [1.54, 1.807) is 6.07 Å². The number of rotatable bonds is 6. The first-order chi connectivity index (χ1) is 7.55. The van der Waals surface area contributed by atoms with Crippen LogP contribution < -0.4 is 4.72 Å². The van der Waals surface area contributed by atoms with Crippen molar-refractivity contribution in [1.29, 1.82) is 0 Å². The van der Waals surface area contributed by atoms with Gasteiger partial charge in [-0.15, -0.1) is 0 Å². The normalized spacial score (nSPS) is 11.6. The molecule has 0 aliphatic carbocycles. The highest BCUT2D eigenvalue weighted by Gasteiger charge is 2.13. The summed E-state index contributed by atoms with van der Waals surface area (Å²) in [5.41, 5.74) is 0.200. The Morgan fingerprint density at radius 3 is 2.62 bits per heavy atom. The quantitative estimate of drug-likeness (QED) is 0.780. The molecular weight excluding hydrogens is 229 g/mol. The molecule has 0 saturated carbocycles.